The first-order valence-corrected chi connectivity index (χ1v) is 7.21. The topological polar surface area (TPSA) is 44.8 Å². The van der Waals surface area contributed by atoms with Crippen molar-refractivity contribution >= 4 is 5.78 Å². The van der Waals surface area contributed by atoms with Crippen LogP contribution in [0.25, 0.3) is 0 Å². The summed E-state index contributed by atoms with van der Waals surface area (Å²) in [6.45, 7) is 7.46. The molecule has 4 nitrogen and oxygen atoms in total. The first-order valence-electron chi connectivity index (χ1n) is 7.21. The summed E-state index contributed by atoms with van der Waals surface area (Å²) < 4.78 is 16.5. The largest absolute Gasteiger partial charge is 0.490 e. The molecule has 2 unspecified atom stereocenters. The van der Waals surface area contributed by atoms with Crippen LogP contribution in [-0.4, -0.2) is 31.7 Å². The number of ketones is 1. The summed E-state index contributed by atoms with van der Waals surface area (Å²) in [6.07, 6.45) is 0.953. The van der Waals surface area contributed by atoms with Crippen LogP contribution in [0.1, 0.15) is 37.6 Å². The van der Waals surface area contributed by atoms with Gasteiger partial charge in [0.2, 0.25) is 0 Å². The van der Waals surface area contributed by atoms with Crippen LogP contribution in [0.3, 0.4) is 0 Å². The van der Waals surface area contributed by atoms with Gasteiger partial charge in [-0.05, 0) is 45.4 Å². The smallest absolute Gasteiger partial charge is 0.168 e. The van der Waals surface area contributed by atoms with E-state index in [-0.39, 0.29) is 17.8 Å². The molecule has 20 heavy (non-hydrogen) atoms. The normalized spacial score (nSPS) is 21.8. The minimum Gasteiger partial charge on any atom is -0.490 e. The number of rotatable bonds is 6. The highest BCUT2D eigenvalue weighted by atomic mass is 16.5. The molecule has 2 rings (SSSR count). The molecule has 0 saturated carbocycles. The van der Waals surface area contributed by atoms with Crippen LogP contribution < -0.4 is 9.47 Å². The summed E-state index contributed by atoms with van der Waals surface area (Å²) in [6, 6.07) is 5.39. The Labute approximate surface area is 120 Å². The molecule has 0 spiro atoms. The number of carbonyl (C=O) groups excluding carboxylic acids is 1. The van der Waals surface area contributed by atoms with Crippen LogP contribution in [0.15, 0.2) is 18.2 Å². The molecule has 0 amide bonds. The van der Waals surface area contributed by atoms with Crippen molar-refractivity contribution in [1.82, 2.24) is 0 Å². The quantitative estimate of drug-likeness (QED) is 0.750. The van der Waals surface area contributed by atoms with Gasteiger partial charge in [0.25, 0.3) is 0 Å². The molecule has 0 bridgehead atoms. The fraction of sp³-hybridized carbons (Fsp3) is 0.562. The maximum absolute atomic E-state index is 12.4. The van der Waals surface area contributed by atoms with Gasteiger partial charge < -0.3 is 14.2 Å². The highest BCUT2D eigenvalue weighted by Gasteiger charge is 2.29. The third-order valence-electron chi connectivity index (χ3n) is 3.40. The fourth-order valence-corrected chi connectivity index (χ4v) is 2.44. The van der Waals surface area contributed by atoms with Crippen LogP contribution in [0, 0.1) is 5.92 Å². The van der Waals surface area contributed by atoms with E-state index in [1.165, 1.54) is 0 Å². The van der Waals surface area contributed by atoms with Crippen LogP contribution in [-0.2, 0) is 4.74 Å². The second-order valence-electron chi connectivity index (χ2n) is 4.97. The number of ether oxygens (including phenoxy) is 3. The molecule has 0 N–H and O–H groups in total. The first kappa shape index (κ1) is 14.9. The Morgan fingerprint density at radius 1 is 1.25 bits per heavy atom. The molecule has 1 aliphatic heterocycles. The van der Waals surface area contributed by atoms with Crippen LogP contribution >= 0.6 is 0 Å². The van der Waals surface area contributed by atoms with E-state index < -0.39 is 0 Å². The maximum atomic E-state index is 12.4. The Balaban J connectivity index is 2.19. The summed E-state index contributed by atoms with van der Waals surface area (Å²) in [4.78, 5) is 12.4. The third-order valence-corrected chi connectivity index (χ3v) is 3.40. The Hall–Kier alpha value is -1.55. The Morgan fingerprint density at radius 3 is 2.55 bits per heavy atom. The van der Waals surface area contributed by atoms with Gasteiger partial charge >= 0.3 is 0 Å². The molecule has 1 fully saturated rings. The summed E-state index contributed by atoms with van der Waals surface area (Å²) >= 11 is 0. The molecule has 1 saturated heterocycles. The van der Waals surface area contributed by atoms with Crippen molar-refractivity contribution in [3.63, 3.8) is 0 Å². The Morgan fingerprint density at radius 2 is 1.95 bits per heavy atom. The molecular weight excluding hydrogens is 256 g/mol. The van der Waals surface area contributed by atoms with Crippen molar-refractivity contribution in [1.29, 1.82) is 0 Å². The minimum atomic E-state index is -0.0441. The number of hydrogen-bond donors (Lipinski definition) is 0. The fourth-order valence-electron chi connectivity index (χ4n) is 2.44. The molecule has 1 heterocycles. The van der Waals surface area contributed by atoms with E-state index in [0.717, 1.165) is 6.42 Å². The molecule has 0 aliphatic carbocycles. The molecule has 1 aromatic carbocycles. The number of benzene rings is 1. The molecule has 1 aromatic rings. The van der Waals surface area contributed by atoms with Gasteiger partial charge in [0, 0.05) is 11.5 Å². The zero-order valence-electron chi connectivity index (χ0n) is 12.3. The van der Waals surface area contributed by atoms with E-state index in [0.29, 0.717) is 36.9 Å². The molecule has 0 aromatic heterocycles. The molecule has 0 radical (unpaired) electrons. The van der Waals surface area contributed by atoms with Crippen molar-refractivity contribution in [2.75, 3.05) is 19.8 Å². The van der Waals surface area contributed by atoms with Crippen molar-refractivity contribution in [2.45, 2.75) is 33.3 Å². The standard InChI is InChI=1S/C16H22O4/c1-4-18-14-7-6-12(9-15(14)19-5-2)16(17)13-8-11(3)20-10-13/h6-7,9,11,13H,4-5,8,10H2,1-3H3. The molecular formula is C16H22O4. The van der Waals surface area contributed by atoms with E-state index in [1.54, 1.807) is 18.2 Å². The average Bonchev–Trinajstić information content (AvgIpc) is 2.87. The van der Waals surface area contributed by atoms with Gasteiger partial charge in [-0.25, -0.2) is 0 Å². The second kappa shape index (κ2) is 6.75. The molecule has 2 atom stereocenters. The van der Waals surface area contributed by atoms with Gasteiger partial charge in [-0.3, -0.25) is 4.79 Å². The van der Waals surface area contributed by atoms with E-state index in [2.05, 4.69) is 0 Å². The van der Waals surface area contributed by atoms with Crippen LogP contribution in [0.4, 0.5) is 0 Å². The van der Waals surface area contributed by atoms with E-state index in [9.17, 15) is 4.79 Å². The summed E-state index contributed by atoms with van der Waals surface area (Å²) in [5, 5.41) is 0. The highest BCUT2D eigenvalue weighted by molar-refractivity contribution is 5.98. The predicted molar refractivity (Wildman–Crippen MR) is 76.6 cm³/mol. The Kier molecular flexibility index (Phi) is 5.01. The third kappa shape index (κ3) is 3.31. The SMILES string of the molecule is CCOc1ccc(C(=O)C2COC(C)C2)cc1OCC. The van der Waals surface area contributed by atoms with Gasteiger partial charge in [-0.2, -0.15) is 0 Å². The summed E-state index contributed by atoms with van der Waals surface area (Å²) in [5.41, 5.74) is 0.666. The summed E-state index contributed by atoms with van der Waals surface area (Å²) in [5.74, 6) is 1.39. The molecule has 4 heteroatoms. The van der Waals surface area contributed by atoms with Gasteiger partial charge in [-0.1, -0.05) is 0 Å². The van der Waals surface area contributed by atoms with Crippen LogP contribution in [0.5, 0.6) is 11.5 Å². The first-order chi connectivity index (χ1) is 9.65. The van der Waals surface area contributed by atoms with Crippen molar-refractivity contribution in [3.8, 4) is 11.5 Å². The maximum Gasteiger partial charge on any atom is 0.168 e. The van der Waals surface area contributed by atoms with Gasteiger partial charge in [0.15, 0.2) is 17.3 Å². The number of carbonyl (C=O) groups is 1. The lowest BCUT2D eigenvalue weighted by atomic mass is 9.95. The van der Waals surface area contributed by atoms with Crippen molar-refractivity contribution in [3.05, 3.63) is 23.8 Å². The van der Waals surface area contributed by atoms with E-state index >= 15 is 0 Å². The predicted octanol–water partition coefficient (Wildman–Crippen LogP) is 3.09. The van der Waals surface area contributed by atoms with Gasteiger partial charge in [-0.15, -0.1) is 0 Å². The lowest BCUT2D eigenvalue weighted by Gasteiger charge is -2.13. The lowest BCUT2D eigenvalue weighted by molar-refractivity contribution is 0.0877. The summed E-state index contributed by atoms with van der Waals surface area (Å²) in [7, 11) is 0. The van der Waals surface area contributed by atoms with Crippen LogP contribution in [0.2, 0.25) is 0 Å². The molecule has 110 valence electrons. The highest BCUT2D eigenvalue weighted by Crippen LogP contribution is 2.31. The molecule has 1 aliphatic rings. The number of hydrogen-bond acceptors (Lipinski definition) is 4. The van der Waals surface area contributed by atoms with E-state index in [1.807, 2.05) is 20.8 Å². The van der Waals surface area contributed by atoms with Gasteiger partial charge in [0.1, 0.15) is 0 Å². The van der Waals surface area contributed by atoms with E-state index in [4.69, 9.17) is 14.2 Å². The monoisotopic (exact) mass is 278 g/mol. The van der Waals surface area contributed by atoms with Crippen molar-refractivity contribution < 1.29 is 19.0 Å². The second-order valence-corrected chi connectivity index (χ2v) is 4.97. The number of Topliss-reactive ketones (excluding diaryl/α,β-unsaturated/α-hetero) is 1. The average molecular weight is 278 g/mol. The Bertz CT molecular complexity index is 470. The van der Waals surface area contributed by atoms with Crippen molar-refractivity contribution in [2.24, 2.45) is 5.92 Å². The zero-order chi connectivity index (χ0) is 14.5. The van der Waals surface area contributed by atoms with Gasteiger partial charge in [0.05, 0.1) is 25.9 Å². The lowest BCUT2D eigenvalue weighted by Crippen LogP contribution is -2.15. The minimum absolute atomic E-state index is 0.0441. The zero-order valence-corrected chi connectivity index (χ0v) is 12.3.